The van der Waals surface area contributed by atoms with E-state index in [-0.39, 0.29) is 5.41 Å². The molecule has 1 N–H and O–H groups in total. The fraction of sp³-hybridized carbons (Fsp3) is 0.350. The summed E-state index contributed by atoms with van der Waals surface area (Å²) in [5, 5.41) is 8.98. The van der Waals surface area contributed by atoms with Crippen LogP contribution in [-0.4, -0.2) is 43.7 Å². The topological polar surface area (TPSA) is 65.8 Å². The minimum absolute atomic E-state index is 0.232. The number of hydrogen-bond acceptors (Lipinski definition) is 3. The van der Waals surface area contributed by atoms with Gasteiger partial charge in [-0.15, -0.1) is 11.6 Å². The molecule has 8 heteroatoms. The number of aliphatic imine (C=N–C) groups is 1. The third-order valence-corrected chi connectivity index (χ3v) is 6.62. The first-order chi connectivity index (χ1) is 13.1. The van der Waals surface area contributed by atoms with Gasteiger partial charge < -0.3 is 5.11 Å². The predicted molar refractivity (Wildman–Crippen MR) is 120 cm³/mol. The van der Waals surface area contributed by atoms with E-state index < -0.39 is 11.0 Å². The number of nitrogens with zero attached hydrogens (tertiary/aromatic N) is 3. The minimum atomic E-state index is -0.907. The second kappa shape index (κ2) is 9.25. The standard InChI is InChI=1S/C14H15BrCl2N2.C6H7NO2/c1-13(2,3)14(17)9(6-8-19-12(14)15)11-10(16)5-4-7-18-11;8-6(9)7-4-2-1-3-5-7/h4-7H,8H2,1-3H3;1-4H,5H2,(H,8,9). The Labute approximate surface area is 183 Å². The highest BCUT2D eigenvalue weighted by Crippen LogP contribution is 2.50. The molecule has 0 aromatic carbocycles. The largest absolute Gasteiger partial charge is 0.465 e. The number of rotatable bonds is 1. The van der Waals surface area contributed by atoms with Gasteiger partial charge in [0.1, 0.15) is 9.50 Å². The maximum Gasteiger partial charge on any atom is 0.411 e. The van der Waals surface area contributed by atoms with Crippen molar-refractivity contribution in [1.29, 1.82) is 0 Å². The van der Waals surface area contributed by atoms with Crippen molar-refractivity contribution in [3.8, 4) is 0 Å². The van der Waals surface area contributed by atoms with Crippen LogP contribution in [0, 0.1) is 5.41 Å². The summed E-state index contributed by atoms with van der Waals surface area (Å²) in [4.78, 5) is 19.4. The number of carbonyl (C=O) groups is 1. The quantitative estimate of drug-likeness (QED) is 0.495. The Morgan fingerprint density at radius 1 is 1.36 bits per heavy atom. The molecule has 0 radical (unpaired) electrons. The van der Waals surface area contributed by atoms with Crippen LogP contribution in [0.5, 0.6) is 0 Å². The number of hydrogen-bond donors (Lipinski definition) is 1. The summed E-state index contributed by atoms with van der Waals surface area (Å²) in [7, 11) is 0. The summed E-state index contributed by atoms with van der Waals surface area (Å²) >= 11 is 16.7. The first-order valence-corrected chi connectivity index (χ1v) is 10.2. The van der Waals surface area contributed by atoms with Crippen LogP contribution in [0.2, 0.25) is 5.02 Å². The van der Waals surface area contributed by atoms with Gasteiger partial charge in [-0.25, -0.2) is 4.79 Å². The number of allylic oxidation sites excluding steroid dienone is 3. The number of halogens is 3. The monoisotopic (exact) mass is 485 g/mol. The average Bonchev–Trinajstić information content (AvgIpc) is 2.65. The highest BCUT2D eigenvalue weighted by atomic mass is 79.9. The Morgan fingerprint density at radius 2 is 2.07 bits per heavy atom. The van der Waals surface area contributed by atoms with E-state index in [4.69, 9.17) is 28.3 Å². The number of alkyl halides is 1. The number of pyridine rings is 1. The second-order valence-corrected chi connectivity index (χ2v) is 8.92. The lowest BCUT2D eigenvalue weighted by Gasteiger charge is -2.42. The van der Waals surface area contributed by atoms with Crippen molar-refractivity contribution in [1.82, 2.24) is 9.88 Å². The third-order valence-electron chi connectivity index (χ3n) is 4.29. The molecule has 1 atom stereocenters. The van der Waals surface area contributed by atoms with Gasteiger partial charge in [0.2, 0.25) is 0 Å². The van der Waals surface area contributed by atoms with Gasteiger partial charge in [0, 0.05) is 24.5 Å². The Bertz CT molecular complexity index is 859. The normalized spacial score (nSPS) is 21.4. The molecule has 28 heavy (non-hydrogen) atoms. The van der Waals surface area contributed by atoms with Crippen molar-refractivity contribution in [2.24, 2.45) is 10.4 Å². The number of carboxylic acid groups (broad SMARTS) is 1. The van der Waals surface area contributed by atoms with E-state index in [0.29, 0.717) is 18.1 Å². The Morgan fingerprint density at radius 3 is 2.57 bits per heavy atom. The molecule has 3 rings (SSSR count). The second-order valence-electron chi connectivity index (χ2n) is 7.20. The van der Waals surface area contributed by atoms with Crippen LogP contribution >= 0.6 is 39.1 Å². The zero-order valence-electron chi connectivity index (χ0n) is 15.9. The Kier molecular flexibility index (Phi) is 7.48. The lowest BCUT2D eigenvalue weighted by molar-refractivity contribution is 0.166. The van der Waals surface area contributed by atoms with Crippen molar-refractivity contribution in [2.75, 3.05) is 13.1 Å². The maximum atomic E-state index is 10.2. The number of aromatic nitrogens is 1. The van der Waals surface area contributed by atoms with Crippen molar-refractivity contribution in [3.63, 3.8) is 0 Å². The van der Waals surface area contributed by atoms with E-state index >= 15 is 0 Å². The van der Waals surface area contributed by atoms with Crippen molar-refractivity contribution >= 4 is 55.4 Å². The molecule has 2 aliphatic heterocycles. The van der Waals surface area contributed by atoms with Crippen LogP contribution in [0.3, 0.4) is 0 Å². The molecular weight excluding hydrogens is 465 g/mol. The Hall–Kier alpha value is -1.63. The van der Waals surface area contributed by atoms with Crippen molar-refractivity contribution in [3.05, 3.63) is 59.6 Å². The van der Waals surface area contributed by atoms with Crippen molar-refractivity contribution in [2.45, 2.75) is 25.6 Å². The summed E-state index contributed by atoms with van der Waals surface area (Å²) < 4.78 is 0.730. The summed E-state index contributed by atoms with van der Waals surface area (Å²) in [6.45, 7) is 7.27. The maximum absolute atomic E-state index is 10.2. The number of dihydropyridines is 1. The van der Waals surface area contributed by atoms with Crippen LogP contribution in [0.4, 0.5) is 4.79 Å². The smallest absolute Gasteiger partial charge is 0.411 e. The van der Waals surface area contributed by atoms with Gasteiger partial charge in [-0.05, 0) is 39.6 Å². The Balaban J connectivity index is 0.000000261. The molecule has 150 valence electrons. The lowest BCUT2D eigenvalue weighted by Crippen LogP contribution is -2.45. The van der Waals surface area contributed by atoms with E-state index in [2.05, 4.69) is 46.7 Å². The highest BCUT2D eigenvalue weighted by Gasteiger charge is 2.49. The average molecular weight is 487 g/mol. The number of amides is 1. The van der Waals surface area contributed by atoms with Gasteiger partial charge in [-0.3, -0.25) is 14.9 Å². The van der Waals surface area contributed by atoms with Gasteiger partial charge in [-0.2, -0.15) is 0 Å². The first-order valence-electron chi connectivity index (χ1n) is 8.62. The first kappa shape index (κ1) is 22.7. The molecule has 0 bridgehead atoms. The third kappa shape index (κ3) is 4.85. The zero-order valence-corrected chi connectivity index (χ0v) is 19.0. The van der Waals surface area contributed by atoms with Gasteiger partial charge in [0.15, 0.2) is 0 Å². The SMILES string of the molecule is CC(C)(C)C1(Cl)C(c2ncccc2Cl)=CCN=C1Br.O=C(O)N1C=CC=CC1. The minimum Gasteiger partial charge on any atom is -0.465 e. The molecule has 1 amide bonds. The van der Waals surface area contributed by atoms with E-state index in [1.165, 1.54) is 11.1 Å². The molecule has 3 heterocycles. The molecule has 0 aliphatic carbocycles. The summed E-state index contributed by atoms with van der Waals surface area (Å²) in [5.41, 5.74) is 1.40. The van der Waals surface area contributed by atoms with E-state index in [1.54, 1.807) is 18.3 Å². The van der Waals surface area contributed by atoms with E-state index in [1.807, 2.05) is 24.3 Å². The van der Waals surface area contributed by atoms with Gasteiger partial charge in [0.25, 0.3) is 0 Å². The molecule has 1 aromatic rings. The van der Waals surface area contributed by atoms with E-state index in [0.717, 1.165) is 15.9 Å². The zero-order chi connectivity index (χ0) is 20.9. The fourth-order valence-corrected chi connectivity index (χ4v) is 4.15. The van der Waals surface area contributed by atoms with Crippen LogP contribution in [0.1, 0.15) is 26.5 Å². The summed E-state index contributed by atoms with van der Waals surface area (Å²) in [6.07, 6.45) is 9.64. The van der Waals surface area contributed by atoms with Crippen LogP contribution in [0.25, 0.3) is 5.57 Å². The molecular formula is C20H22BrCl2N3O2. The lowest BCUT2D eigenvalue weighted by atomic mass is 9.74. The van der Waals surface area contributed by atoms with Gasteiger partial charge in [0.05, 0.1) is 17.3 Å². The summed E-state index contributed by atoms with van der Waals surface area (Å²) in [5.74, 6) is 0. The fourth-order valence-electron chi connectivity index (χ4n) is 2.74. The van der Waals surface area contributed by atoms with Gasteiger partial charge >= 0.3 is 6.09 Å². The predicted octanol–water partition coefficient (Wildman–Crippen LogP) is 6.00. The molecule has 1 aromatic heterocycles. The van der Waals surface area contributed by atoms with Crippen LogP contribution in [0.15, 0.2) is 53.8 Å². The van der Waals surface area contributed by atoms with E-state index in [9.17, 15) is 4.79 Å². The molecule has 2 aliphatic rings. The highest BCUT2D eigenvalue weighted by molar-refractivity contribution is 9.18. The van der Waals surface area contributed by atoms with Crippen molar-refractivity contribution < 1.29 is 9.90 Å². The molecule has 0 saturated carbocycles. The molecule has 1 unspecified atom stereocenters. The van der Waals surface area contributed by atoms with Gasteiger partial charge in [-0.1, -0.05) is 50.6 Å². The molecule has 0 fully saturated rings. The van der Waals surface area contributed by atoms with Crippen LogP contribution < -0.4 is 0 Å². The van der Waals surface area contributed by atoms with Crippen LogP contribution in [-0.2, 0) is 0 Å². The molecule has 0 saturated heterocycles. The summed E-state index contributed by atoms with van der Waals surface area (Å²) in [6, 6.07) is 3.63. The molecule has 0 spiro atoms. The molecule has 5 nitrogen and oxygen atoms in total.